The molecule has 1 N–H and O–H groups in total. The van der Waals surface area contributed by atoms with Crippen LogP contribution in [0.2, 0.25) is 5.02 Å². The highest BCUT2D eigenvalue weighted by Crippen LogP contribution is 2.30. The second-order valence-electron chi connectivity index (χ2n) is 6.59. The predicted molar refractivity (Wildman–Crippen MR) is 112 cm³/mol. The summed E-state index contributed by atoms with van der Waals surface area (Å²) in [4.78, 5) is 12.3. The SMILES string of the molecule is C=CCn1c(SCC(=O)Nc2cccc(Cl)c2C)nnc1C1CCS(=O)(=O)C1. The van der Waals surface area contributed by atoms with Crippen molar-refractivity contribution in [3.05, 3.63) is 47.3 Å². The molecule has 1 atom stereocenters. The largest absolute Gasteiger partial charge is 0.325 e. The number of anilines is 1. The molecular weight excluding hydrogens is 420 g/mol. The molecule has 0 saturated carbocycles. The molecule has 7 nitrogen and oxygen atoms in total. The molecule has 1 amide bonds. The minimum atomic E-state index is -3.02. The summed E-state index contributed by atoms with van der Waals surface area (Å²) in [5, 5.41) is 12.4. The maximum Gasteiger partial charge on any atom is 0.234 e. The minimum Gasteiger partial charge on any atom is -0.325 e. The number of aromatic nitrogens is 3. The molecule has 1 aliphatic heterocycles. The zero-order valence-electron chi connectivity index (χ0n) is 15.4. The normalized spacial score (nSPS) is 18.1. The van der Waals surface area contributed by atoms with Crippen LogP contribution in [0.15, 0.2) is 36.0 Å². The van der Waals surface area contributed by atoms with Crippen LogP contribution in [0.5, 0.6) is 0 Å². The molecule has 1 unspecified atom stereocenters. The number of thioether (sulfide) groups is 1. The molecule has 1 aromatic heterocycles. The molecule has 150 valence electrons. The predicted octanol–water partition coefficient (Wildman–Crippen LogP) is 3.06. The maximum atomic E-state index is 12.3. The molecule has 0 spiro atoms. The van der Waals surface area contributed by atoms with Gasteiger partial charge in [0.1, 0.15) is 5.82 Å². The van der Waals surface area contributed by atoms with Gasteiger partial charge in [-0.25, -0.2) is 8.42 Å². The summed E-state index contributed by atoms with van der Waals surface area (Å²) >= 11 is 7.33. The molecule has 2 heterocycles. The van der Waals surface area contributed by atoms with Crippen LogP contribution in [-0.2, 0) is 21.2 Å². The molecule has 28 heavy (non-hydrogen) atoms. The number of hydrogen-bond donors (Lipinski definition) is 1. The van der Waals surface area contributed by atoms with E-state index >= 15 is 0 Å². The van der Waals surface area contributed by atoms with Crippen LogP contribution >= 0.6 is 23.4 Å². The summed E-state index contributed by atoms with van der Waals surface area (Å²) in [5.74, 6) is 0.673. The standard InChI is InChI=1S/C18H21ClN4O3S2/c1-3-8-23-17(13-7-9-28(25,26)11-13)21-22-18(23)27-10-16(24)20-15-6-4-5-14(19)12(15)2/h3-6,13H,1,7-11H2,2H3,(H,20,24). The van der Waals surface area contributed by atoms with Crippen LogP contribution in [0.1, 0.15) is 23.7 Å². The van der Waals surface area contributed by atoms with E-state index in [2.05, 4.69) is 22.1 Å². The van der Waals surface area contributed by atoms with Crippen molar-refractivity contribution in [1.29, 1.82) is 0 Å². The first-order valence-electron chi connectivity index (χ1n) is 8.73. The zero-order chi connectivity index (χ0) is 20.3. The first kappa shape index (κ1) is 20.9. The Morgan fingerprint density at radius 2 is 2.25 bits per heavy atom. The highest BCUT2D eigenvalue weighted by atomic mass is 35.5. The van der Waals surface area contributed by atoms with Gasteiger partial charge in [0.15, 0.2) is 15.0 Å². The lowest BCUT2D eigenvalue weighted by atomic mass is 10.1. The van der Waals surface area contributed by atoms with E-state index in [-0.39, 0.29) is 29.1 Å². The van der Waals surface area contributed by atoms with Crippen LogP contribution in [0, 0.1) is 6.92 Å². The van der Waals surface area contributed by atoms with Gasteiger partial charge >= 0.3 is 0 Å². The van der Waals surface area contributed by atoms with Crippen molar-refractivity contribution in [2.75, 3.05) is 22.6 Å². The molecule has 1 saturated heterocycles. The Hall–Kier alpha value is -1.84. The van der Waals surface area contributed by atoms with E-state index in [1.165, 1.54) is 11.8 Å². The van der Waals surface area contributed by atoms with Crippen molar-refractivity contribution in [2.24, 2.45) is 0 Å². The van der Waals surface area contributed by atoms with Crippen LogP contribution in [0.3, 0.4) is 0 Å². The van der Waals surface area contributed by atoms with E-state index in [0.717, 1.165) is 5.56 Å². The number of sulfone groups is 1. The van der Waals surface area contributed by atoms with Crippen molar-refractivity contribution in [3.8, 4) is 0 Å². The molecule has 0 radical (unpaired) electrons. The Morgan fingerprint density at radius 1 is 1.46 bits per heavy atom. The number of allylic oxidation sites excluding steroid dienone is 1. The Morgan fingerprint density at radius 3 is 2.93 bits per heavy atom. The smallest absolute Gasteiger partial charge is 0.234 e. The summed E-state index contributed by atoms with van der Waals surface area (Å²) in [6, 6.07) is 5.34. The summed E-state index contributed by atoms with van der Waals surface area (Å²) in [5.41, 5.74) is 1.48. The number of carbonyl (C=O) groups is 1. The molecular formula is C18H21ClN4O3S2. The van der Waals surface area contributed by atoms with Crippen LogP contribution in [0.25, 0.3) is 0 Å². The average molecular weight is 441 g/mol. The number of carbonyl (C=O) groups excluding carboxylic acids is 1. The fourth-order valence-electron chi connectivity index (χ4n) is 3.07. The molecule has 1 fully saturated rings. The van der Waals surface area contributed by atoms with E-state index in [1.54, 1.807) is 24.3 Å². The number of nitrogens with one attached hydrogen (secondary N) is 1. The molecule has 2 aromatic rings. The van der Waals surface area contributed by atoms with Crippen molar-refractivity contribution in [2.45, 2.75) is 31.0 Å². The van der Waals surface area contributed by atoms with Gasteiger partial charge in [-0.3, -0.25) is 4.79 Å². The Bertz CT molecular complexity index is 1000. The second kappa shape index (κ2) is 8.67. The third kappa shape index (κ3) is 4.76. The Balaban J connectivity index is 1.69. The van der Waals surface area contributed by atoms with E-state index in [1.807, 2.05) is 11.5 Å². The zero-order valence-corrected chi connectivity index (χ0v) is 17.8. The Labute approximate surface area is 173 Å². The molecule has 1 aromatic carbocycles. The monoisotopic (exact) mass is 440 g/mol. The van der Waals surface area contributed by atoms with E-state index in [4.69, 9.17) is 11.6 Å². The van der Waals surface area contributed by atoms with E-state index in [9.17, 15) is 13.2 Å². The maximum absolute atomic E-state index is 12.3. The first-order chi connectivity index (χ1) is 13.3. The molecule has 0 bridgehead atoms. The van der Waals surface area contributed by atoms with E-state index < -0.39 is 9.84 Å². The van der Waals surface area contributed by atoms with Gasteiger partial charge in [-0.2, -0.15) is 0 Å². The van der Waals surface area contributed by atoms with Crippen LogP contribution < -0.4 is 5.32 Å². The fourth-order valence-corrected chi connectivity index (χ4v) is 5.74. The van der Waals surface area contributed by atoms with Crippen molar-refractivity contribution in [1.82, 2.24) is 14.8 Å². The summed E-state index contributed by atoms with van der Waals surface area (Å²) in [6.45, 7) is 6.04. The highest BCUT2D eigenvalue weighted by molar-refractivity contribution is 7.99. The molecule has 10 heteroatoms. The van der Waals surface area contributed by atoms with Crippen LogP contribution in [-0.4, -0.2) is 46.3 Å². The lowest BCUT2D eigenvalue weighted by Gasteiger charge is -2.12. The number of benzene rings is 1. The van der Waals surface area contributed by atoms with Gasteiger partial charge < -0.3 is 9.88 Å². The third-order valence-corrected chi connectivity index (χ3v) is 7.67. The summed E-state index contributed by atoms with van der Waals surface area (Å²) in [6.07, 6.45) is 2.24. The van der Waals surface area contributed by atoms with Crippen molar-refractivity contribution >= 4 is 44.8 Å². The number of hydrogen-bond acceptors (Lipinski definition) is 6. The van der Waals surface area contributed by atoms with Gasteiger partial charge in [-0.15, -0.1) is 16.8 Å². The minimum absolute atomic E-state index is 0.0848. The third-order valence-electron chi connectivity index (χ3n) is 4.53. The van der Waals surface area contributed by atoms with Gasteiger partial charge in [0.05, 0.1) is 17.3 Å². The molecule has 1 aliphatic rings. The van der Waals surface area contributed by atoms with Gasteiger partial charge in [0, 0.05) is 23.2 Å². The van der Waals surface area contributed by atoms with Crippen LogP contribution in [0.4, 0.5) is 5.69 Å². The second-order valence-corrected chi connectivity index (χ2v) is 10.2. The van der Waals surface area contributed by atoms with E-state index in [0.29, 0.717) is 34.7 Å². The van der Waals surface area contributed by atoms with Crippen molar-refractivity contribution in [3.63, 3.8) is 0 Å². The lowest BCUT2D eigenvalue weighted by molar-refractivity contribution is -0.113. The number of nitrogens with zero attached hydrogens (tertiary/aromatic N) is 3. The van der Waals surface area contributed by atoms with Gasteiger partial charge in [-0.1, -0.05) is 35.5 Å². The number of halogens is 1. The molecule has 0 aliphatic carbocycles. The Kier molecular flexibility index (Phi) is 6.47. The topological polar surface area (TPSA) is 93.9 Å². The van der Waals surface area contributed by atoms with Crippen molar-refractivity contribution < 1.29 is 13.2 Å². The molecule has 3 rings (SSSR count). The summed E-state index contributed by atoms with van der Waals surface area (Å²) < 4.78 is 25.4. The summed E-state index contributed by atoms with van der Waals surface area (Å²) in [7, 11) is -3.02. The number of amides is 1. The highest BCUT2D eigenvalue weighted by Gasteiger charge is 2.33. The van der Waals surface area contributed by atoms with Gasteiger partial charge in [0.25, 0.3) is 0 Å². The fraction of sp³-hybridized carbons (Fsp3) is 0.389. The quantitative estimate of drug-likeness (QED) is 0.525. The number of rotatable bonds is 7. The van der Waals surface area contributed by atoms with Gasteiger partial charge in [-0.05, 0) is 31.0 Å². The average Bonchev–Trinajstić information content (AvgIpc) is 3.20. The first-order valence-corrected chi connectivity index (χ1v) is 11.9. The lowest BCUT2D eigenvalue weighted by Crippen LogP contribution is -2.16. The van der Waals surface area contributed by atoms with Gasteiger partial charge in [0.2, 0.25) is 5.91 Å².